The third-order valence-corrected chi connectivity index (χ3v) is 4.08. The molecular formula is C16H24N2O2. The Hall–Kier alpha value is -1.55. The van der Waals surface area contributed by atoms with Gasteiger partial charge >= 0.3 is 0 Å². The smallest absolute Gasteiger partial charge is 0.221 e. The zero-order valence-electron chi connectivity index (χ0n) is 12.3. The van der Waals surface area contributed by atoms with Gasteiger partial charge in [-0.05, 0) is 37.8 Å². The number of primary amides is 1. The van der Waals surface area contributed by atoms with Crippen LogP contribution in [0, 0.1) is 0 Å². The molecule has 2 rings (SSSR count). The Bertz CT molecular complexity index is 475. The van der Waals surface area contributed by atoms with Crippen molar-refractivity contribution in [1.29, 1.82) is 0 Å². The van der Waals surface area contributed by atoms with Gasteiger partial charge in [0.2, 0.25) is 5.91 Å². The molecule has 3 N–H and O–H groups in total. The molecule has 20 heavy (non-hydrogen) atoms. The first-order valence-corrected chi connectivity index (χ1v) is 7.29. The average molecular weight is 276 g/mol. The van der Waals surface area contributed by atoms with E-state index in [2.05, 4.69) is 19.2 Å². The van der Waals surface area contributed by atoms with Crippen LogP contribution in [0.5, 0.6) is 0 Å². The first-order chi connectivity index (χ1) is 9.52. The summed E-state index contributed by atoms with van der Waals surface area (Å²) in [6.45, 7) is 5.10. The molecule has 0 saturated carbocycles. The Balaban J connectivity index is 2.08. The fraction of sp³-hybridized carbons (Fsp3) is 0.562. The topological polar surface area (TPSA) is 64.3 Å². The predicted molar refractivity (Wildman–Crippen MR) is 80.6 cm³/mol. The molecule has 0 bridgehead atoms. The minimum atomic E-state index is -0.301. The number of hydrogen-bond acceptors (Lipinski definition) is 3. The maximum Gasteiger partial charge on any atom is 0.221 e. The van der Waals surface area contributed by atoms with Crippen LogP contribution in [0.25, 0.3) is 0 Å². The molecule has 1 aliphatic heterocycles. The van der Waals surface area contributed by atoms with Crippen LogP contribution in [0.1, 0.15) is 38.7 Å². The van der Waals surface area contributed by atoms with Crippen molar-refractivity contribution in [3.8, 4) is 0 Å². The first kappa shape index (κ1) is 14.9. The van der Waals surface area contributed by atoms with Crippen LogP contribution >= 0.6 is 0 Å². The number of nitrogens with two attached hydrogens (primary N) is 1. The highest BCUT2D eigenvalue weighted by Crippen LogP contribution is 2.30. The highest BCUT2D eigenvalue weighted by molar-refractivity contribution is 5.78. The number of nitrogens with one attached hydrogen (secondary N) is 1. The molecule has 4 nitrogen and oxygen atoms in total. The number of anilines is 1. The zero-order valence-corrected chi connectivity index (χ0v) is 12.3. The van der Waals surface area contributed by atoms with Crippen molar-refractivity contribution in [2.75, 3.05) is 11.9 Å². The van der Waals surface area contributed by atoms with E-state index in [-0.39, 0.29) is 17.9 Å². The molecule has 1 aliphatic rings. The van der Waals surface area contributed by atoms with Crippen LogP contribution in [0.4, 0.5) is 5.69 Å². The molecule has 1 amide bonds. The molecule has 1 aromatic rings. The van der Waals surface area contributed by atoms with Crippen LogP contribution < -0.4 is 11.1 Å². The fourth-order valence-electron chi connectivity index (χ4n) is 2.72. The van der Waals surface area contributed by atoms with Crippen molar-refractivity contribution in [1.82, 2.24) is 0 Å². The Kier molecular flexibility index (Phi) is 4.65. The third-order valence-electron chi connectivity index (χ3n) is 4.08. The Morgan fingerprint density at radius 3 is 2.95 bits per heavy atom. The number of carbonyl (C=O) groups is 1. The van der Waals surface area contributed by atoms with Gasteiger partial charge in [0.25, 0.3) is 0 Å². The van der Waals surface area contributed by atoms with E-state index in [1.807, 2.05) is 24.3 Å². The minimum absolute atomic E-state index is 0.0471. The van der Waals surface area contributed by atoms with E-state index >= 15 is 0 Å². The van der Waals surface area contributed by atoms with Crippen molar-refractivity contribution in [2.24, 2.45) is 5.73 Å². The maximum absolute atomic E-state index is 11.1. The van der Waals surface area contributed by atoms with E-state index in [1.54, 1.807) is 0 Å². The van der Waals surface area contributed by atoms with E-state index in [0.717, 1.165) is 37.1 Å². The number of amides is 1. The summed E-state index contributed by atoms with van der Waals surface area (Å²) in [6, 6.07) is 8.25. The van der Waals surface area contributed by atoms with Crippen molar-refractivity contribution in [3.63, 3.8) is 0 Å². The number of benzene rings is 1. The zero-order chi connectivity index (χ0) is 14.6. The van der Waals surface area contributed by atoms with Crippen LogP contribution in [-0.2, 0) is 16.0 Å². The molecule has 0 aliphatic carbocycles. The van der Waals surface area contributed by atoms with Crippen molar-refractivity contribution in [3.05, 3.63) is 29.8 Å². The molecule has 0 radical (unpaired) electrons. The van der Waals surface area contributed by atoms with Gasteiger partial charge in [0.15, 0.2) is 0 Å². The second-order valence-corrected chi connectivity index (χ2v) is 5.79. The Morgan fingerprint density at radius 1 is 1.50 bits per heavy atom. The summed E-state index contributed by atoms with van der Waals surface area (Å²) in [7, 11) is 0. The lowest BCUT2D eigenvalue weighted by Gasteiger charge is -2.38. The van der Waals surface area contributed by atoms with Crippen LogP contribution in [-0.4, -0.2) is 24.2 Å². The van der Waals surface area contributed by atoms with Crippen LogP contribution in [0.15, 0.2) is 24.3 Å². The fourth-order valence-corrected chi connectivity index (χ4v) is 2.72. The lowest BCUT2D eigenvalue weighted by molar-refractivity contribution is -0.117. The number of rotatable bonds is 5. The molecule has 0 aromatic heterocycles. The molecule has 4 heteroatoms. The van der Waals surface area contributed by atoms with Gasteiger partial charge in [0.1, 0.15) is 0 Å². The first-order valence-electron chi connectivity index (χ1n) is 7.29. The van der Waals surface area contributed by atoms with E-state index < -0.39 is 0 Å². The molecule has 1 aromatic carbocycles. The summed E-state index contributed by atoms with van der Waals surface area (Å²) >= 11 is 0. The normalized spacial score (nSPS) is 26.2. The highest BCUT2D eigenvalue weighted by Gasteiger charge is 2.31. The number of ether oxygens (including phenoxy) is 1. The summed E-state index contributed by atoms with van der Waals surface area (Å²) in [6.07, 6.45) is 3.25. The van der Waals surface area contributed by atoms with Gasteiger partial charge in [-0.2, -0.15) is 0 Å². The molecule has 2 unspecified atom stereocenters. The monoisotopic (exact) mass is 276 g/mol. The number of hydrogen-bond donors (Lipinski definition) is 2. The summed E-state index contributed by atoms with van der Waals surface area (Å²) in [5.74, 6) is -0.301. The van der Waals surface area contributed by atoms with E-state index in [4.69, 9.17) is 10.5 Å². The summed E-state index contributed by atoms with van der Waals surface area (Å²) in [5.41, 5.74) is 7.23. The third kappa shape index (κ3) is 3.73. The van der Waals surface area contributed by atoms with Gasteiger partial charge in [-0.1, -0.05) is 25.1 Å². The average Bonchev–Trinajstić information content (AvgIpc) is 2.41. The summed E-state index contributed by atoms with van der Waals surface area (Å²) in [5, 5.41) is 3.56. The summed E-state index contributed by atoms with van der Waals surface area (Å²) in [4.78, 5) is 11.1. The lowest BCUT2D eigenvalue weighted by atomic mass is 9.89. The van der Waals surface area contributed by atoms with E-state index in [9.17, 15) is 4.79 Å². The van der Waals surface area contributed by atoms with Gasteiger partial charge in [-0.25, -0.2) is 0 Å². The molecule has 110 valence electrons. The quantitative estimate of drug-likeness (QED) is 0.868. The van der Waals surface area contributed by atoms with Gasteiger partial charge in [0, 0.05) is 18.3 Å². The highest BCUT2D eigenvalue weighted by atomic mass is 16.5. The standard InChI is InChI=1S/C16H24N2O2/c1-3-16(2)11-13(8-9-20-16)18-14-7-5-4-6-12(14)10-15(17)19/h4-7,13,18H,3,8-11H2,1-2H3,(H2,17,19). The van der Waals surface area contributed by atoms with Crippen molar-refractivity contribution in [2.45, 2.75) is 51.2 Å². The maximum atomic E-state index is 11.1. The Labute approximate surface area is 120 Å². The SMILES string of the molecule is CCC1(C)CC(Nc2ccccc2CC(N)=O)CCO1. The Morgan fingerprint density at radius 2 is 2.25 bits per heavy atom. The minimum Gasteiger partial charge on any atom is -0.382 e. The number of para-hydroxylation sites is 1. The molecule has 0 spiro atoms. The molecule has 1 heterocycles. The van der Waals surface area contributed by atoms with Crippen LogP contribution in [0.3, 0.4) is 0 Å². The number of carbonyl (C=O) groups excluding carboxylic acids is 1. The van der Waals surface area contributed by atoms with Gasteiger partial charge in [-0.3, -0.25) is 4.79 Å². The second-order valence-electron chi connectivity index (χ2n) is 5.79. The van der Waals surface area contributed by atoms with Gasteiger partial charge < -0.3 is 15.8 Å². The molecule has 1 saturated heterocycles. The molecular weight excluding hydrogens is 252 g/mol. The van der Waals surface area contributed by atoms with Crippen molar-refractivity contribution < 1.29 is 9.53 Å². The second kappa shape index (κ2) is 6.27. The largest absolute Gasteiger partial charge is 0.382 e. The van der Waals surface area contributed by atoms with Gasteiger partial charge in [-0.15, -0.1) is 0 Å². The predicted octanol–water partition coefficient (Wildman–Crippen LogP) is 2.47. The molecule has 1 fully saturated rings. The van der Waals surface area contributed by atoms with E-state index in [1.165, 1.54) is 0 Å². The van der Waals surface area contributed by atoms with Gasteiger partial charge in [0.05, 0.1) is 12.0 Å². The summed E-state index contributed by atoms with van der Waals surface area (Å²) < 4.78 is 5.86. The van der Waals surface area contributed by atoms with Crippen molar-refractivity contribution >= 4 is 11.6 Å². The van der Waals surface area contributed by atoms with E-state index in [0.29, 0.717) is 6.04 Å². The lowest BCUT2D eigenvalue weighted by Crippen LogP contribution is -2.42. The van der Waals surface area contributed by atoms with Crippen LogP contribution in [0.2, 0.25) is 0 Å². The molecule has 2 atom stereocenters.